The summed E-state index contributed by atoms with van der Waals surface area (Å²) >= 11 is 0. The summed E-state index contributed by atoms with van der Waals surface area (Å²) in [5.41, 5.74) is 5.04. The van der Waals surface area contributed by atoms with Crippen LogP contribution in [0.15, 0.2) is 97.6 Å². The molecule has 1 heteroatoms. The average Bonchev–Trinajstić information content (AvgIpc) is 2.63. The van der Waals surface area contributed by atoms with Crippen LogP contribution in [0.4, 0.5) is 5.69 Å². The van der Waals surface area contributed by atoms with E-state index in [1.807, 2.05) is 6.08 Å². The first kappa shape index (κ1) is 15.1. The van der Waals surface area contributed by atoms with Gasteiger partial charge in [0.15, 0.2) is 0 Å². The van der Waals surface area contributed by atoms with E-state index in [0.29, 0.717) is 0 Å². The fraction of sp³-hybridized carbons (Fsp3) is 0.0909. The minimum absolute atomic E-state index is 0.255. The largest absolute Gasteiger partial charge is 0.382 e. The lowest BCUT2D eigenvalue weighted by Crippen LogP contribution is -2.04. The van der Waals surface area contributed by atoms with Crippen LogP contribution in [-0.2, 0) is 0 Å². The van der Waals surface area contributed by atoms with Crippen LogP contribution in [-0.4, -0.2) is 6.54 Å². The second-order valence-corrected chi connectivity index (χ2v) is 5.55. The van der Waals surface area contributed by atoms with E-state index in [9.17, 15) is 0 Å². The summed E-state index contributed by atoms with van der Waals surface area (Å²) in [6.45, 7) is 4.52. The Hall–Kier alpha value is -2.80. The van der Waals surface area contributed by atoms with Gasteiger partial charge in [0, 0.05) is 18.2 Å². The third-order valence-corrected chi connectivity index (χ3v) is 3.96. The maximum absolute atomic E-state index is 3.74. The van der Waals surface area contributed by atoms with Crippen molar-refractivity contribution in [3.63, 3.8) is 0 Å². The number of anilines is 1. The van der Waals surface area contributed by atoms with Crippen LogP contribution in [0.5, 0.6) is 0 Å². The van der Waals surface area contributed by atoms with Gasteiger partial charge in [-0.25, -0.2) is 0 Å². The zero-order valence-electron chi connectivity index (χ0n) is 13.2. The number of benzene rings is 3. The molecule has 0 saturated carbocycles. The van der Waals surface area contributed by atoms with E-state index < -0.39 is 0 Å². The Kier molecular flexibility index (Phi) is 4.90. The van der Waals surface area contributed by atoms with E-state index in [4.69, 9.17) is 0 Å². The van der Waals surface area contributed by atoms with Gasteiger partial charge in [0.2, 0.25) is 0 Å². The Labute approximate surface area is 138 Å². The van der Waals surface area contributed by atoms with E-state index in [0.717, 1.165) is 12.2 Å². The minimum Gasteiger partial charge on any atom is -0.382 e. The summed E-state index contributed by atoms with van der Waals surface area (Å²) in [5.74, 6) is 0.255. The molecule has 114 valence electrons. The molecule has 0 bridgehead atoms. The zero-order chi connectivity index (χ0) is 15.9. The molecular weight excluding hydrogens is 278 g/mol. The molecule has 0 aliphatic carbocycles. The van der Waals surface area contributed by atoms with Crippen LogP contribution in [0, 0.1) is 0 Å². The van der Waals surface area contributed by atoms with E-state index >= 15 is 0 Å². The normalized spacial score (nSPS) is 10.5. The van der Waals surface area contributed by atoms with Gasteiger partial charge in [-0.15, -0.1) is 6.58 Å². The molecule has 3 aromatic carbocycles. The summed E-state index contributed by atoms with van der Waals surface area (Å²) in [7, 11) is 0. The lowest BCUT2D eigenvalue weighted by atomic mass is 9.85. The number of nitrogens with one attached hydrogen (secondary N) is 1. The summed E-state index contributed by atoms with van der Waals surface area (Å²) in [4.78, 5) is 0. The second kappa shape index (κ2) is 7.46. The van der Waals surface area contributed by atoms with Crippen molar-refractivity contribution < 1.29 is 0 Å². The molecule has 0 unspecified atom stereocenters. The SMILES string of the molecule is C=CCNc1ccc(C(c2ccccc2)c2ccccc2)cc1. The van der Waals surface area contributed by atoms with Gasteiger partial charge in [0.25, 0.3) is 0 Å². The monoisotopic (exact) mass is 299 g/mol. The molecule has 1 N–H and O–H groups in total. The zero-order valence-corrected chi connectivity index (χ0v) is 13.2. The van der Waals surface area contributed by atoms with Crippen molar-refractivity contribution >= 4 is 5.69 Å². The Bertz CT molecular complexity index is 690. The van der Waals surface area contributed by atoms with Crippen LogP contribution in [0.3, 0.4) is 0 Å². The van der Waals surface area contributed by atoms with Crippen molar-refractivity contribution in [2.24, 2.45) is 0 Å². The highest BCUT2D eigenvalue weighted by atomic mass is 14.8. The molecule has 0 aromatic heterocycles. The van der Waals surface area contributed by atoms with Gasteiger partial charge in [-0.05, 0) is 28.8 Å². The maximum atomic E-state index is 3.74. The van der Waals surface area contributed by atoms with E-state index in [2.05, 4.69) is 96.8 Å². The van der Waals surface area contributed by atoms with E-state index in [-0.39, 0.29) is 5.92 Å². The van der Waals surface area contributed by atoms with Crippen LogP contribution >= 0.6 is 0 Å². The van der Waals surface area contributed by atoms with Crippen molar-refractivity contribution in [3.8, 4) is 0 Å². The van der Waals surface area contributed by atoms with Crippen LogP contribution in [0.2, 0.25) is 0 Å². The van der Waals surface area contributed by atoms with E-state index in [1.165, 1.54) is 16.7 Å². The molecule has 0 fully saturated rings. The minimum atomic E-state index is 0.255. The number of rotatable bonds is 6. The highest BCUT2D eigenvalue weighted by Crippen LogP contribution is 2.32. The van der Waals surface area contributed by atoms with Crippen molar-refractivity contribution in [1.29, 1.82) is 0 Å². The van der Waals surface area contributed by atoms with Crippen molar-refractivity contribution in [2.45, 2.75) is 5.92 Å². The molecule has 3 rings (SSSR count). The van der Waals surface area contributed by atoms with E-state index in [1.54, 1.807) is 0 Å². The molecule has 0 saturated heterocycles. The van der Waals surface area contributed by atoms with Gasteiger partial charge in [-0.3, -0.25) is 0 Å². The molecule has 0 heterocycles. The van der Waals surface area contributed by atoms with Crippen molar-refractivity contribution in [3.05, 3.63) is 114 Å². The summed E-state index contributed by atoms with van der Waals surface area (Å²) in [6.07, 6.45) is 1.87. The predicted octanol–water partition coefficient (Wildman–Crippen LogP) is 5.46. The molecule has 0 aliphatic rings. The van der Waals surface area contributed by atoms with Crippen molar-refractivity contribution in [1.82, 2.24) is 0 Å². The van der Waals surface area contributed by atoms with Gasteiger partial charge >= 0.3 is 0 Å². The van der Waals surface area contributed by atoms with Crippen molar-refractivity contribution in [2.75, 3.05) is 11.9 Å². The molecule has 3 aromatic rings. The van der Waals surface area contributed by atoms with Gasteiger partial charge in [-0.1, -0.05) is 78.9 Å². The molecule has 0 radical (unpaired) electrons. The average molecular weight is 299 g/mol. The summed E-state index contributed by atoms with van der Waals surface area (Å²) in [6, 6.07) is 30.0. The molecule has 1 nitrogen and oxygen atoms in total. The van der Waals surface area contributed by atoms with Gasteiger partial charge in [-0.2, -0.15) is 0 Å². The highest BCUT2D eigenvalue weighted by Gasteiger charge is 2.15. The summed E-state index contributed by atoms with van der Waals surface area (Å²) in [5, 5.41) is 3.32. The number of hydrogen-bond donors (Lipinski definition) is 1. The number of hydrogen-bond acceptors (Lipinski definition) is 1. The Morgan fingerprint density at radius 1 is 0.696 bits per heavy atom. The predicted molar refractivity (Wildman–Crippen MR) is 99.0 cm³/mol. The lowest BCUT2D eigenvalue weighted by Gasteiger charge is -2.19. The fourth-order valence-electron chi connectivity index (χ4n) is 2.85. The first-order valence-electron chi connectivity index (χ1n) is 7.93. The smallest absolute Gasteiger partial charge is 0.0342 e. The van der Waals surface area contributed by atoms with Gasteiger partial charge in [0.1, 0.15) is 0 Å². The molecule has 0 atom stereocenters. The first-order valence-corrected chi connectivity index (χ1v) is 7.93. The third-order valence-electron chi connectivity index (χ3n) is 3.96. The first-order chi connectivity index (χ1) is 11.4. The van der Waals surface area contributed by atoms with Crippen LogP contribution in [0.1, 0.15) is 22.6 Å². The molecule has 0 amide bonds. The maximum Gasteiger partial charge on any atom is 0.0342 e. The Balaban J connectivity index is 1.97. The highest BCUT2D eigenvalue weighted by molar-refractivity contribution is 5.50. The Morgan fingerprint density at radius 2 is 1.17 bits per heavy atom. The third kappa shape index (κ3) is 3.70. The van der Waals surface area contributed by atoms with Gasteiger partial charge in [0.05, 0.1) is 0 Å². The topological polar surface area (TPSA) is 12.0 Å². The molecule has 0 aliphatic heterocycles. The van der Waals surface area contributed by atoms with Crippen LogP contribution in [0.25, 0.3) is 0 Å². The Morgan fingerprint density at radius 3 is 1.65 bits per heavy atom. The summed E-state index contributed by atoms with van der Waals surface area (Å²) < 4.78 is 0. The quantitative estimate of drug-likeness (QED) is 0.470. The lowest BCUT2D eigenvalue weighted by molar-refractivity contribution is 0.977. The molecule has 23 heavy (non-hydrogen) atoms. The molecule has 0 spiro atoms. The molecular formula is C22H21N. The standard InChI is InChI=1S/C22H21N/c1-2-17-23-21-15-13-20(14-16-21)22(18-9-5-3-6-10-18)19-11-7-4-8-12-19/h2-16,22-23H,1,17H2. The van der Waals surface area contributed by atoms with Crippen LogP contribution < -0.4 is 5.32 Å². The second-order valence-electron chi connectivity index (χ2n) is 5.55. The van der Waals surface area contributed by atoms with Gasteiger partial charge < -0.3 is 5.32 Å². The fourth-order valence-corrected chi connectivity index (χ4v) is 2.85.